The summed E-state index contributed by atoms with van der Waals surface area (Å²) in [6.07, 6.45) is 16.5. The minimum atomic E-state index is 0. The van der Waals surface area contributed by atoms with E-state index < -0.39 is 0 Å². The molecular formula is C32H32Cl2Ti2-2. The molecule has 4 aromatic rings. The molecular weight excluding hydrogens is 551 g/mol. The normalized spacial score (nSPS) is 11.6. The quantitative estimate of drug-likeness (QED) is 0.221. The van der Waals surface area contributed by atoms with Crippen molar-refractivity contribution in [2.75, 3.05) is 0 Å². The summed E-state index contributed by atoms with van der Waals surface area (Å²) in [4.78, 5) is 6.50. The number of halogens is 2. The standard InChI is InChI=1S/2C9H7.2C6H7.2CH2.2ClH.2Ti/c2*1-2-5-9-7-3-6-8(9)4-1;2*1-6-4-2-3-5-6;;;;;;/h2*1-7H;2*4-5H,2H2,1H3;2*1H2;2*1H;;/q4*-1;;;;;2*+2/p-2. The number of allylic oxidation sites excluding steroid dienone is 8. The molecule has 0 aromatic heterocycles. The molecule has 0 atom stereocenters. The van der Waals surface area contributed by atoms with Gasteiger partial charge in [0.15, 0.2) is 0 Å². The zero-order chi connectivity index (χ0) is 25.0. The Morgan fingerprint density at radius 3 is 1.22 bits per heavy atom. The maximum atomic E-state index is 3.25. The number of benzene rings is 2. The Labute approximate surface area is 253 Å². The number of rotatable bonds is 0. The van der Waals surface area contributed by atoms with Crippen LogP contribution in [0.2, 0.25) is 0 Å². The topological polar surface area (TPSA) is 0 Å². The van der Waals surface area contributed by atoms with Crippen molar-refractivity contribution >= 4 is 31.2 Å². The van der Waals surface area contributed by atoms with Crippen LogP contribution in [0.4, 0.5) is 0 Å². The van der Waals surface area contributed by atoms with Crippen LogP contribution in [0.3, 0.4) is 0 Å². The van der Waals surface area contributed by atoms with Crippen LogP contribution in [-0.2, 0) is 39.9 Å². The van der Waals surface area contributed by atoms with Crippen LogP contribution in [0, 0.1) is 12.2 Å². The molecule has 0 saturated carbocycles. The molecule has 0 N–H and O–H groups in total. The van der Waals surface area contributed by atoms with Crippen molar-refractivity contribution < 1.29 is 64.8 Å². The van der Waals surface area contributed by atoms with Gasteiger partial charge in [0.1, 0.15) is 0 Å². The summed E-state index contributed by atoms with van der Waals surface area (Å²) >= 11 is 3.50. The first-order chi connectivity index (χ1) is 16.7. The Balaban J connectivity index is 0. The predicted octanol–water partition coefficient (Wildman–Crippen LogP) is 2.45. The molecule has 0 nitrogen and oxygen atoms in total. The second kappa shape index (κ2) is 23.7. The summed E-state index contributed by atoms with van der Waals surface area (Å²) in [5.41, 5.74) is 2.69. The zero-order valence-electron chi connectivity index (χ0n) is 21.0. The SMILES string of the molecule is CC1=CC[C-]=C1.CC1=CC[C-]=C1.[CH2]=[Ti+2].[CH2]=[Ti+2].[Cl-].[Cl-].c1ccc2[cH-]ccc2c1.c1ccc2[cH-]ccc2c1. The van der Waals surface area contributed by atoms with Gasteiger partial charge in [-0.3, -0.25) is 12.2 Å². The molecule has 4 aromatic carbocycles. The van der Waals surface area contributed by atoms with E-state index in [0.29, 0.717) is 0 Å². The van der Waals surface area contributed by atoms with Crippen molar-refractivity contribution in [1.82, 2.24) is 0 Å². The third-order valence-corrected chi connectivity index (χ3v) is 4.84. The summed E-state index contributed by atoms with van der Waals surface area (Å²) < 4.78 is 0. The number of hydrogen-bond donors (Lipinski definition) is 0. The molecule has 0 spiro atoms. The molecule has 36 heavy (non-hydrogen) atoms. The van der Waals surface area contributed by atoms with E-state index in [2.05, 4.69) is 133 Å². The zero-order valence-corrected chi connectivity index (χ0v) is 25.6. The maximum absolute atomic E-state index is 3.25. The van der Waals surface area contributed by atoms with E-state index in [1.807, 2.05) is 12.2 Å². The molecule has 0 bridgehead atoms. The molecule has 0 saturated heterocycles. The Kier molecular flexibility index (Phi) is 24.1. The van der Waals surface area contributed by atoms with Crippen LogP contribution >= 0.6 is 0 Å². The van der Waals surface area contributed by atoms with E-state index in [-0.39, 0.29) is 24.8 Å². The van der Waals surface area contributed by atoms with Crippen molar-refractivity contribution in [3.8, 4) is 0 Å². The average Bonchev–Trinajstić information content (AvgIpc) is 3.71. The fourth-order valence-corrected chi connectivity index (χ4v) is 3.14. The minimum absolute atomic E-state index is 0. The Morgan fingerprint density at radius 2 is 0.972 bits per heavy atom. The third-order valence-electron chi connectivity index (χ3n) is 4.84. The van der Waals surface area contributed by atoms with Crippen molar-refractivity contribution in [2.45, 2.75) is 26.7 Å². The van der Waals surface area contributed by atoms with Gasteiger partial charge < -0.3 is 24.8 Å². The van der Waals surface area contributed by atoms with Crippen molar-refractivity contribution in [1.29, 1.82) is 0 Å². The van der Waals surface area contributed by atoms with Crippen LogP contribution in [0.5, 0.6) is 0 Å². The molecule has 6 rings (SSSR count). The van der Waals surface area contributed by atoms with Gasteiger partial charge in [-0.2, -0.15) is 47.2 Å². The third kappa shape index (κ3) is 14.8. The van der Waals surface area contributed by atoms with Crippen LogP contribution in [-0.4, -0.2) is 9.63 Å². The van der Waals surface area contributed by atoms with Gasteiger partial charge >= 0.3 is 49.6 Å². The van der Waals surface area contributed by atoms with Gasteiger partial charge in [0.25, 0.3) is 0 Å². The molecule has 0 heterocycles. The first-order valence-electron chi connectivity index (χ1n) is 11.1. The summed E-state index contributed by atoms with van der Waals surface area (Å²) in [6, 6.07) is 29.3. The van der Waals surface area contributed by atoms with Gasteiger partial charge in [0.2, 0.25) is 0 Å². The molecule has 2 aliphatic rings. The monoisotopic (exact) mass is 582 g/mol. The van der Waals surface area contributed by atoms with Crippen LogP contribution in [0.25, 0.3) is 21.5 Å². The fraction of sp³-hybridized carbons (Fsp3) is 0.125. The van der Waals surface area contributed by atoms with Gasteiger partial charge in [-0.15, -0.1) is 86.0 Å². The van der Waals surface area contributed by atoms with Gasteiger partial charge in [0, 0.05) is 0 Å². The van der Waals surface area contributed by atoms with E-state index >= 15 is 0 Å². The summed E-state index contributed by atoms with van der Waals surface area (Å²) in [6.45, 7) is 4.17. The first-order valence-corrected chi connectivity index (χ1v) is 13.3. The van der Waals surface area contributed by atoms with E-state index in [1.165, 1.54) is 32.7 Å². The van der Waals surface area contributed by atoms with E-state index in [4.69, 9.17) is 0 Å². The molecule has 184 valence electrons. The van der Waals surface area contributed by atoms with Crippen molar-refractivity contribution in [3.63, 3.8) is 0 Å². The second-order valence-corrected chi connectivity index (χ2v) is 7.31. The molecule has 2 aliphatic carbocycles. The summed E-state index contributed by atoms with van der Waals surface area (Å²) in [7, 11) is 0. The van der Waals surface area contributed by atoms with Crippen LogP contribution in [0.1, 0.15) is 26.7 Å². The molecule has 0 unspecified atom stereocenters. The smallest absolute Gasteiger partial charge is 0.0809 e. The fourth-order valence-electron chi connectivity index (χ4n) is 3.14. The van der Waals surface area contributed by atoms with E-state index in [9.17, 15) is 0 Å². The van der Waals surface area contributed by atoms with Gasteiger partial charge in [-0.1, -0.05) is 12.1 Å². The van der Waals surface area contributed by atoms with Crippen molar-refractivity contribution in [2.24, 2.45) is 0 Å². The maximum Gasteiger partial charge on any atom is -0.0809 e. The summed E-state index contributed by atoms with van der Waals surface area (Å²) in [5, 5.41) is 5.32. The summed E-state index contributed by atoms with van der Waals surface area (Å²) in [5.74, 6) is 0. The van der Waals surface area contributed by atoms with E-state index in [0.717, 1.165) is 12.8 Å². The molecule has 0 amide bonds. The molecule has 0 aliphatic heterocycles. The van der Waals surface area contributed by atoms with Gasteiger partial charge in [-0.05, 0) is 0 Å². The Bertz CT molecular complexity index is 1050. The van der Waals surface area contributed by atoms with E-state index in [1.54, 1.807) is 39.9 Å². The minimum Gasteiger partial charge on any atom is -1.00 e. The first kappa shape index (κ1) is 36.5. The second-order valence-electron chi connectivity index (χ2n) is 7.31. The number of fused-ring (bicyclic) bond motifs is 2. The molecule has 0 radical (unpaired) electrons. The van der Waals surface area contributed by atoms with Gasteiger partial charge in [0.05, 0.1) is 0 Å². The van der Waals surface area contributed by atoms with Crippen LogP contribution < -0.4 is 24.8 Å². The number of hydrogen-bond acceptors (Lipinski definition) is 0. The van der Waals surface area contributed by atoms with Crippen molar-refractivity contribution in [3.05, 3.63) is 133 Å². The largest absolute Gasteiger partial charge is 1.00 e. The van der Waals surface area contributed by atoms with Crippen LogP contribution in [0.15, 0.2) is 120 Å². The Morgan fingerprint density at radius 1 is 0.611 bits per heavy atom. The average molecular weight is 583 g/mol. The predicted molar refractivity (Wildman–Crippen MR) is 146 cm³/mol. The molecule has 0 fully saturated rings. The van der Waals surface area contributed by atoms with Gasteiger partial charge in [-0.25, -0.2) is 23.3 Å². The Hall–Kier alpha value is -1.63. The molecule has 4 heteroatoms.